The van der Waals surface area contributed by atoms with Crippen LogP contribution < -0.4 is 20.9 Å². The quantitative estimate of drug-likeness (QED) is 0.396. The number of piperidine rings is 1. The summed E-state index contributed by atoms with van der Waals surface area (Å²) in [6.07, 6.45) is 5.48. The zero-order chi connectivity index (χ0) is 27.4. The lowest BCUT2D eigenvalue weighted by Crippen LogP contribution is -2.56. The van der Waals surface area contributed by atoms with Crippen molar-refractivity contribution in [2.45, 2.75) is 100 Å². The van der Waals surface area contributed by atoms with Gasteiger partial charge in [-0.1, -0.05) is 56.4 Å². The van der Waals surface area contributed by atoms with Crippen LogP contribution in [0.1, 0.15) is 81.4 Å². The van der Waals surface area contributed by atoms with Crippen molar-refractivity contribution < 1.29 is 22.8 Å². The van der Waals surface area contributed by atoms with E-state index < -0.39 is 35.3 Å². The van der Waals surface area contributed by atoms with Crippen LogP contribution in [0.4, 0.5) is 13.2 Å². The Hall–Kier alpha value is -1.82. The molecule has 7 nitrogen and oxygen atoms in total. The van der Waals surface area contributed by atoms with Crippen molar-refractivity contribution in [3.05, 3.63) is 35.4 Å². The lowest BCUT2D eigenvalue weighted by atomic mass is 9.85. The fourth-order valence-corrected chi connectivity index (χ4v) is 7.53. The van der Waals surface area contributed by atoms with Crippen molar-refractivity contribution in [1.82, 2.24) is 25.8 Å². The van der Waals surface area contributed by atoms with E-state index >= 15 is 0 Å². The van der Waals surface area contributed by atoms with E-state index in [4.69, 9.17) is 0 Å². The number of amides is 2. The summed E-state index contributed by atoms with van der Waals surface area (Å²) in [4.78, 5) is 31.5. The van der Waals surface area contributed by atoms with Gasteiger partial charge in [0.15, 0.2) is 0 Å². The predicted octanol–water partition coefficient (Wildman–Crippen LogP) is 4.36. The molecule has 2 saturated heterocycles. The minimum atomic E-state index is -4.34. The molecule has 4 aliphatic rings. The fourth-order valence-electron chi connectivity index (χ4n) is 6.70. The second kappa shape index (κ2) is 12.8. The molecule has 0 bridgehead atoms. The lowest BCUT2D eigenvalue weighted by Gasteiger charge is -2.42. The van der Waals surface area contributed by atoms with E-state index in [-0.39, 0.29) is 31.0 Å². The van der Waals surface area contributed by atoms with E-state index in [1.54, 1.807) is 0 Å². The van der Waals surface area contributed by atoms with Gasteiger partial charge < -0.3 is 10.6 Å². The number of hydrogen-bond donors (Lipinski definition) is 4. The van der Waals surface area contributed by atoms with E-state index in [2.05, 4.69) is 27.0 Å². The normalized spacial score (nSPS) is 31.1. The highest BCUT2D eigenvalue weighted by Crippen LogP contribution is 2.38. The summed E-state index contributed by atoms with van der Waals surface area (Å²) in [6, 6.07) is 7.34. The van der Waals surface area contributed by atoms with E-state index in [0.717, 1.165) is 63.4 Å². The van der Waals surface area contributed by atoms with Gasteiger partial charge in [0.05, 0.1) is 17.9 Å². The third kappa shape index (κ3) is 7.10. The zero-order valence-electron chi connectivity index (χ0n) is 22.3. The molecule has 216 valence electrons. The van der Waals surface area contributed by atoms with E-state index in [1.165, 1.54) is 23.9 Å². The number of fused-ring (bicyclic) bond motifs is 1. The Kier molecular flexibility index (Phi) is 9.41. The van der Waals surface area contributed by atoms with Gasteiger partial charge in [0, 0.05) is 19.1 Å². The van der Waals surface area contributed by atoms with Gasteiger partial charge in [-0.15, -0.1) is 0 Å². The largest absolute Gasteiger partial charge is 0.393 e. The molecule has 4 N–H and O–H groups in total. The first-order valence-electron chi connectivity index (χ1n) is 14.4. The topological polar surface area (TPSA) is 85.5 Å². The second-order valence-corrected chi connectivity index (χ2v) is 12.5. The summed E-state index contributed by atoms with van der Waals surface area (Å²) in [5.74, 6) is -2.95. The van der Waals surface area contributed by atoms with Gasteiger partial charge in [-0.2, -0.15) is 18.0 Å². The molecule has 0 spiro atoms. The Bertz CT molecular complexity index is 1000. The third-order valence-corrected chi connectivity index (χ3v) is 9.74. The minimum Gasteiger partial charge on any atom is -0.348 e. The van der Waals surface area contributed by atoms with Gasteiger partial charge in [0.25, 0.3) is 0 Å². The highest BCUT2D eigenvalue weighted by atomic mass is 32.2. The van der Waals surface area contributed by atoms with E-state index in [9.17, 15) is 22.8 Å². The number of aryl methyl sites for hydroxylation is 1. The Labute approximate surface area is 232 Å². The Morgan fingerprint density at radius 2 is 1.67 bits per heavy atom. The number of carbonyl (C=O) groups is 2. The van der Waals surface area contributed by atoms with Gasteiger partial charge in [-0.3, -0.25) is 14.5 Å². The molecule has 1 aromatic carbocycles. The van der Waals surface area contributed by atoms with Crippen LogP contribution in [0.2, 0.25) is 0 Å². The molecule has 1 saturated carbocycles. The van der Waals surface area contributed by atoms with Crippen LogP contribution in [-0.4, -0.2) is 53.4 Å². The number of hydrazine groups is 1. The number of nitrogens with one attached hydrogen (secondary N) is 4. The summed E-state index contributed by atoms with van der Waals surface area (Å²) in [6.45, 7) is 0.296. The number of carbonyl (C=O) groups excluding carboxylic acids is 2. The maximum atomic E-state index is 13.9. The highest BCUT2D eigenvalue weighted by Gasteiger charge is 2.48. The van der Waals surface area contributed by atoms with E-state index in [1.807, 2.05) is 23.1 Å². The molecule has 11 heteroatoms. The fraction of sp³-hybridized carbons (Fsp3) is 0.714. The molecule has 5 rings (SSSR count). The summed E-state index contributed by atoms with van der Waals surface area (Å²) >= 11 is 1.17. The molecule has 2 aliphatic heterocycles. The molecule has 0 radical (unpaired) electrons. The van der Waals surface area contributed by atoms with Crippen molar-refractivity contribution >= 4 is 23.8 Å². The third-order valence-electron chi connectivity index (χ3n) is 8.86. The first-order chi connectivity index (χ1) is 18.8. The van der Waals surface area contributed by atoms with Crippen LogP contribution in [0, 0.1) is 11.8 Å². The Balaban J connectivity index is 1.23. The van der Waals surface area contributed by atoms with E-state index in [0.29, 0.717) is 6.54 Å². The van der Waals surface area contributed by atoms with Crippen LogP contribution in [0.25, 0.3) is 0 Å². The summed E-state index contributed by atoms with van der Waals surface area (Å²) in [7, 11) is 0. The standard InChI is InChI=1S/C28H40F3N5O2S/c29-28(30,31)20-15-19(16-36(17-20)21-11-4-2-1-3-5-12-21)25(37)33-27-24(34-35-39-27)26(38)32-23-14-8-10-18-9-6-7-13-22(18)23/h6-7,9,13,19-21,23-24,27,34-35H,1-5,8,10-12,14-17H2,(H,32,38)(H,33,37). The van der Waals surface area contributed by atoms with Gasteiger partial charge in [-0.25, -0.2) is 5.43 Å². The monoisotopic (exact) mass is 567 g/mol. The number of benzene rings is 1. The number of hydrogen-bond acceptors (Lipinski definition) is 6. The number of rotatable bonds is 5. The minimum absolute atomic E-state index is 0.0346. The smallest absolute Gasteiger partial charge is 0.348 e. The SMILES string of the molecule is O=C(NC1SNNC1C(=O)NC1CCCc2ccccc21)C1CC(C(F)(F)F)CN(C2CCCCCCC2)C1. The van der Waals surface area contributed by atoms with Crippen LogP contribution in [0.15, 0.2) is 24.3 Å². The van der Waals surface area contributed by atoms with Crippen molar-refractivity contribution in [2.75, 3.05) is 13.1 Å². The highest BCUT2D eigenvalue weighted by molar-refractivity contribution is 7.98. The number of alkyl halides is 3. The summed E-state index contributed by atoms with van der Waals surface area (Å²) < 4.78 is 41.8. The summed E-state index contributed by atoms with van der Waals surface area (Å²) in [5, 5.41) is 5.40. The maximum Gasteiger partial charge on any atom is 0.393 e. The van der Waals surface area contributed by atoms with Gasteiger partial charge in [0.1, 0.15) is 11.4 Å². The predicted molar refractivity (Wildman–Crippen MR) is 145 cm³/mol. The molecule has 2 amide bonds. The van der Waals surface area contributed by atoms with Crippen molar-refractivity contribution in [1.29, 1.82) is 0 Å². The van der Waals surface area contributed by atoms with Crippen molar-refractivity contribution in [3.8, 4) is 0 Å². The van der Waals surface area contributed by atoms with Crippen LogP contribution in [-0.2, 0) is 16.0 Å². The first-order valence-corrected chi connectivity index (χ1v) is 15.3. The Morgan fingerprint density at radius 1 is 0.923 bits per heavy atom. The van der Waals surface area contributed by atoms with Crippen LogP contribution in [0.3, 0.4) is 0 Å². The Morgan fingerprint density at radius 3 is 2.44 bits per heavy atom. The molecule has 2 heterocycles. The van der Waals surface area contributed by atoms with Crippen LogP contribution >= 0.6 is 11.9 Å². The number of nitrogens with zero attached hydrogens (tertiary/aromatic N) is 1. The van der Waals surface area contributed by atoms with Crippen LogP contribution in [0.5, 0.6) is 0 Å². The lowest BCUT2D eigenvalue weighted by molar-refractivity contribution is -0.194. The molecule has 3 fully saturated rings. The molecule has 39 heavy (non-hydrogen) atoms. The number of likely N-dealkylation sites (tertiary alicyclic amines) is 1. The molecular formula is C28H40F3N5O2S. The van der Waals surface area contributed by atoms with Gasteiger partial charge in [0.2, 0.25) is 11.8 Å². The second-order valence-electron chi connectivity index (χ2n) is 11.5. The molecule has 0 aromatic heterocycles. The summed E-state index contributed by atoms with van der Waals surface area (Å²) in [5.41, 5.74) is 5.28. The molecular weight excluding hydrogens is 527 g/mol. The molecule has 2 aliphatic carbocycles. The molecule has 5 unspecified atom stereocenters. The number of halogens is 3. The zero-order valence-corrected chi connectivity index (χ0v) is 23.1. The van der Waals surface area contributed by atoms with Gasteiger partial charge >= 0.3 is 6.18 Å². The molecule has 5 atom stereocenters. The van der Waals surface area contributed by atoms with Gasteiger partial charge in [-0.05, 0) is 61.6 Å². The first kappa shape index (κ1) is 28.7. The molecule has 1 aromatic rings. The maximum absolute atomic E-state index is 13.9. The van der Waals surface area contributed by atoms with Crippen molar-refractivity contribution in [2.24, 2.45) is 11.8 Å². The van der Waals surface area contributed by atoms with Crippen molar-refractivity contribution in [3.63, 3.8) is 0 Å². The average molecular weight is 568 g/mol. The average Bonchev–Trinajstić information content (AvgIpc) is 3.36.